The second-order valence-electron chi connectivity index (χ2n) is 7.46. The summed E-state index contributed by atoms with van der Waals surface area (Å²) in [6, 6.07) is 2.27. The molecule has 0 spiro atoms. The largest absolute Gasteiger partial charge is 0.311 e. The van der Waals surface area contributed by atoms with Crippen LogP contribution in [0.5, 0.6) is 0 Å². The van der Waals surface area contributed by atoms with Crippen LogP contribution in [0.15, 0.2) is 0 Å². The lowest BCUT2D eigenvalue weighted by atomic mass is 9.91. The molecule has 2 rings (SSSR count). The fraction of sp³-hybridized carbons (Fsp3) is 1.00. The van der Waals surface area contributed by atoms with E-state index in [1.165, 1.54) is 51.6 Å². The molecule has 1 saturated carbocycles. The van der Waals surface area contributed by atoms with Crippen molar-refractivity contribution < 1.29 is 0 Å². The van der Waals surface area contributed by atoms with Gasteiger partial charge < -0.3 is 5.32 Å². The molecule has 1 N–H and O–H groups in total. The van der Waals surface area contributed by atoms with Crippen LogP contribution in [0.25, 0.3) is 0 Å². The van der Waals surface area contributed by atoms with Gasteiger partial charge in [0.15, 0.2) is 0 Å². The molecule has 2 aliphatic rings. The van der Waals surface area contributed by atoms with Gasteiger partial charge in [0.1, 0.15) is 0 Å². The third-order valence-electron chi connectivity index (χ3n) is 5.20. The number of nitrogens with zero attached hydrogens (tertiary/aromatic N) is 1. The van der Waals surface area contributed by atoms with Crippen molar-refractivity contribution in [3.8, 4) is 0 Å². The lowest BCUT2D eigenvalue weighted by molar-refractivity contribution is 0.0544. The molecule has 0 aromatic heterocycles. The molecule has 1 aliphatic carbocycles. The van der Waals surface area contributed by atoms with E-state index < -0.39 is 0 Å². The van der Waals surface area contributed by atoms with Gasteiger partial charge in [0, 0.05) is 31.2 Å². The Hall–Kier alpha value is -0.0800. The van der Waals surface area contributed by atoms with Crippen LogP contribution in [0.1, 0.15) is 66.2 Å². The molecule has 4 unspecified atom stereocenters. The average molecular weight is 266 g/mol. The minimum atomic E-state index is 0.714. The third kappa shape index (κ3) is 4.19. The van der Waals surface area contributed by atoms with E-state index in [2.05, 4.69) is 37.9 Å². The van der Waals surface area contributed by atoms with Crippen molar-refractivity contribution >= 4 is 0 Å². The van der Waals surface area contributed by atoms with Crippen molar-refractivity contribution in [1.29, 1.82) is 0 Å². The number of rotatable bonds is 3. The molecule has 0 bridgehead atoms. The first-order valence-electron chi connectivity index (χ1n) is 8.57. The van der Waals surface area contributed by atoms with E-state index in [0.29, 0.717) is 12.1 Å². The monoisotopic (exact) mass is 266 g/mol. The Morgan fingerprint density at radius 3 is 2.58 bits per heavy atom. The molecule has 19 heavy (non-hydrogen) atoms. The molecule has 112 valence electrons. The van der Waals surface area contributed by atoms with E-state index in [0.717, 1.165) is 17.9 Å². The second-order valence-corrected chi connectivity index (χ2v) is 7.46. The highest BCUT2D eigenvalue weighted by Crippen LogP contribution is 2.29. The highest BCUT2D eigenvalue weighted by atomic mass is 15.3. The van der Waals surface area contributed by atoms with E-state index in [4.69, 9.17) is 0 Å². The van der Waals surface area contributed by atoms with Crippen LogP contribution in [0.2, 0.25) is 0 Å². The molecule has 1 aliphatic heterocycles. The van der Waals surface area contributed by atoms with Gasteiger partial charge in [-0.25, -0.2) is 0 Å². The summed E-state index contributed by atoms with van der Waals surface area (Å²) in [4.78, 5) is 2.85. The molecular formula is C17H34N2. The zero-order valence-electron chi connectivity index (χ0n) is 13.5. The van der Waals surface area contributed by atoms with Gasteiger partial charge in [-0.3, -0.25) is 4.90 Å². The Balaban J connectivity index is 1.98. The maximum Gasteiger partial charge on any atom is 0.0198 e. The quantitative estimate of drug-likeness (QED) is 0.784. The molecule has 0 aromatic rings. The standard InChI is InChI=1S/C17H34N2/c1-13(2)10-16-12-19(15(4)11-18-16)17-9-7-5-6-8-14(17)3/h13-18H,5-12H2,1-4H3. The zero-order chi connectivity index (χ0) is 13.8. The lowest BCUT2D eigenvalue weighted by Gasteiger charge is -2.45. The smallest absolute Gasteiger partial charge is 0.0198 e. The van der Waals surface area contributed by atoms with Crippen LogP contribution in [0.3, 0.4) is 0 Å². The van der Waals surface area contributed by atoms with Crippen molar-refractivity contribution in [1.82, 2.24) is 10.2 Å². The first kappa shape index (κ1) is 15.3. The fourth-order valence-electron chi connectivity index (χ4n) is 4.11. The predicted molar refractivity (Wildman–Crippen MR) is 83.5 cm³/mol. The second kappa shape index (κ2) is 7.08. The number of hydrogen-bond donors (Lipinski definition) is 1. The molecule has 0 amide bonds. The highest BCUT2D eigenvalue weighted by molar-refractivity contribution is 4.90. The van der Waals surface area contributed by atoms with E-state index >= 15 is 0 Å². The molecular weight excluding hydrogens is 232 g/mol. The topological polar surface area (TPSA) is 15.3 Å². The Kier molecular flexibility index (Phi) is 5.70. The maximum absolute atomic E-state index is 3.76. The maximum atomic E-state index is 3.76. The SMILES string of the molecule is CC(C)CC1CN(C2CCCCCC2C)C(C)CN1. The lowest BCUT2D eigenvalue weighted by Crippen LogP contribution is -2.59. The van der Waals surface area contributed by atoms with E-state index in [1.807, 2.05) is 0 Å². The molecule has 2 nitrogen and oxygen atoms in total. The number of hydrogen-bond acceptors (Lipinski definition) is 2. The molecule has 2 fully saturated rings. The summed E-state index contributed by atoms with van der Waals surface area (Å²) < 4.78 is 0. The summed E-state index contributed by atoms with van der Waals surface area (Å²) in [5, 5.41) is 3.76. The predicted octanol–water partition coefficient (Wildman–Crippen LogP) is 3.66. The van der Waals surface area contributed by atoms with Crippen LogP contribution < -0.4 is 5.32 Å². The molecule has 2 heteroatoms. The Morgan fingerprint density at radius 1 is 1.11 bits per heavy atom. The average Bonchev–Trinajstić information content (AvgIpc) is 2.56. The minimum Gasteiger partial charge on any atom is -0.311 e. The van der Waals surface area contributed by atoms with E-state index in [9.17, 15) is 0 Å². The van der Waals surface area contributed by atoms with Crippen LogP contribution in [0, 0.1) is 11.8 Å². The molecule has 0 radical (unpaired) electrons. The zero-order valence-corrected chi connectivity index (χ0v) is 13.5. The van der Waals surface area contributed by atoms with Crippen LogP contribution in [-0.4, -0.2) is 36.1 Å². The molecule has 4 atom stereocenters. The highest BCUT2D eigenvalue weighted by Gasteiger charge is 2.33. The van der Waals surface area contributed by atoms with Crippen molar-refractivity contribution in [2.45, 2.75) is 84.3 Å². The first-order valence-corrected chi connectivity index (χ1v) is 8.57. The van der Waals surface area contributed by atoms with Gasteiger partial charge in [-0.05, 0) is 38.0 Å². The van der Waals surface area contributed by atoms with Crippen LogP contribution >= 0.6 is 0 Å². The summed E-state index contributed by atoms with van der Waals surface area (Å²) in [5.74, 6) is 1.70. The number of piperazine rings is 1. The Labute approximate surface area is 120 Å². The summed E-state index contributed by atoms with van der Waals surface area (Å²) in [6.45, 7) is 12.0. The molecule has 1 heterocycles. The van der Waals surface area contributed by atoms with Gasteiger partial charge in [-0.1, -0.05) is 40.0 Å². The fourth-order valence-corrected chi connectivity index (χ4v) is 4.11. The van der Waals surface area contributed by atoms with Crippen molar-refractivity contribution in [2.24, 2.45) is 11.8 Å². The Morgan fingerprint density at radius 2 is 1.84 bits per heavy atom. The summed E-state index contributed by atoms with van der Waals surface area (Å²) in [5.41, 5.74) is 0. The Bertz CT molecular complexity index is 264. The van der Waals surface area contributed by atoms with Gasteiger partial charge in [-0.2, -0.15) is 0 Å². The van der Waals surface area contributed by atoms with Gasteiger partial charge >= 0.3 is 0 Å². The van der Waals surface area contributed by atoms with Crippen molar-refractivity contribution in [3.63, 3.8) is 0 Å². The summed E-state index contributed by atoms with van der Waals surface area (Å²) in [7, 11) is 0. The summed E-state index contributed by atoms with van der Waals surface area (Å²) >= 11 is 0. The van der Waals surface area contributed by atoms with Gasteiger partial charge in [0.25, 0.3) is 0 Å². The van der Waals surface area contributed by atoms with Crippen molar-refractivity contribution in [3.05, 3.63) is 0 Å². The molecule has 0 aromatic carbocycles. The minimum absolute atomic E-state index is 0.714. The van der Waals surface area contributed by atoms with Crippen LogP contribution in [0.4, 0.5) is 0 Å². The van der Waals surface area contributed by atoms with Gasteiger partial charge in [0.05, 0.1) is 0 Å². The molecule has 1 saturated heterocycles. The van der Waals surface area contributed by atoms with Gasteiger partial charge in [0.2, 0.25) is 0 Å². The third-order valence-corrected chi connectivity index (χ3v) is 5.20. The summed E-state index contributed by atoms with van der Waals surface area (Å²) in [6.07, 6.45) is 8.55. The first-order chi connectivity index (χ1) is 9.08. The normalized spacial score (nSPS) is 38.4. The van der Waals surface area contributed by atoms with Crippen LogP contribution in [-0.2, 0) is 0 Å². The van der Waals surface area contributed by atoms with Crippen molar-refractivity contribution in [2.75, 3.05) is 13.1 Å². The number of nitrogens with one attached hydrogen (secondary N) is 1. The van der Waals surface area contributed by atoms with E-state index in [-0.39, 0.29) is 0 Å². The van der Waals surface area contributed by atoms with Gasteiger partial charge in [-0.15, -0.1) is 0 Å². The van der Waals surface area contributed by atoms with E-state index in [1.54, 1.807) is 0 Å².